The zero-order valence-corrected chi connectivity index (χ0v) is 15.3. The number of hydrogen-bond acceptors (Lipinski definition) is 5. The number of nitrogens with one attached hydrogen (secondary N) is 1. The fourth-order valence-corrected chi connectivity index (χ4v) is 3.17. The summed E-state index contributed by atoms with van der Waals surface area (Å²) < 4.78 is 45.3. The summed E-state index contributed by atoms with van der Waals surface area (Å²) in [5.74, 6) is 0.312. The van der Waals surface area contributed by atoms with Crippen molar-refractivity contribution in [3.8, 4) is 0 Å². The largest absolute Gasteiger partial charge is 0.433 e. The first-order valence-corrected chi connectivity index (χ1v) is 8.88. The van der Waals surface area contributed by atoms with Crippen molar-refractivity contribution in [2.75, 3.05) is 37.5 Å². The minimum absolute atomic E-state index is 0.0223. The minimum Gasteiger partial charge on any atom is -0.373 e. The van der Waals surface area contributed by atoms with E-state index in [4.69, 9.17) is 4.74 Å². The molecule has 1 aromatic carbocycles. The van der Waals surface area contributed by atoms with Crippen LogP contribution >= 0.6 is 0 Å². The second kappa shape index (κ2) is 8.12. The first-order valence-electron chi connectivity index (χ1n) is 8.88. The number of aromatic nitrogens is 2. The van der Waals surface area contributed by atoms with Gasteiger partial charge < -0.3 is 15.0 Å². The molecule has 3 rings (SSSR count). The van der Waals surface area contributed by atoms with Crippen molar-refractivity contribution in [3.63, 3.8) is 0 Å². The molecule has 2 aromatic rings. The molecule has 2 atom stereocenters. The van der Waals surface area contributed by atoms with E-state index in [1.165, 1.54) is 4.90 Å². The highest BCUT2D eigenvalue weighted by atomic mass is 19.4. The van der Waals surface area contributed by atoms with E-state index in [2.05, 4.69) is 15.3 Å². The molecule has 1 aromatic heterocycles. The zero-order chi connectivity index (χ0) is 19.4. The molecule has 2 unspecified atom stereocenters. The fraction of sp³-hybridized carbons (Fsp3) is 0.474. The number of benzene rings is 1. The van der Waals surface area contributed by atoms with E-state index >= 15 is 0 Å². The molecule has 0 bridgehead atoms. The van der Waals surface area contributed by atoms with Gasteiger partial charge >= 0.3 is 6.18 Å². The highest BCUT2D eigenvalue weighted by molar-refractivity contribution is 5.44. The normalized spacial score (nSPS) is 20.3. The number of alkyl halides is 3. The SMILES string of the molecule is CN(C)c1cc(C(F)(F)F)nc(NCC2CCCOC2c2ccccc2)n1. The van der Waals surface area contributed by atoms with E-state index in [9.17, 15) is 13.2 Å². The number of rotatable bonds is 5. The predicted molar refractivity (Wildman–Crippen MR) is 97.7 cm³/mol. The van der Waals surface area contributed by atoms with E-state index < -0.39 is 11.9 Å². The molecule has 0 saturated carbocycles. The molecule has 146 valence electrons. The molecule has 0 radical (unpaired) electrons. The number of nitrogens with zero attached hydrogens (tertiary/aromatic N) is 3. The third kappa shape index (κ3) is 4.88. The molecular formula is C19H23F3N4O. The molecule has 1 aliphatic heterocycles. The Kier molecular flexibility index (Phi) is 5.84. The molecule has 1 fully saturated rings. The van der Waals surface area contributed by atoms with Gasteiger partial charge in [0.25, 0.3) is 0 Å². The van der Waals surface area contributed by atoms with Crippen LogP contribution in [0.4, 0.5) is 24.9 Å². The van der Waals surface area contributed by atoms with Crippen molar-refractivity contribution in [3.05, 3.63) is 47.7 Å². The van der Waals surface area contributed by atoms with Crippen molar-refractivity contribution in [2.24, 2.45) is 5.92 Å². The van der Waals surface area contributed by atoms with E-state index in [0.717, 1.165) is 24.5 Å². The maximum Gasteiger partial charge on any atom is 0.433 e. The summed E-state index contributed by atoms with van der Waals surface area (Å²) in [6, 6.07) is 10.8. The van der Waals surface area contributed by atoms with Crippen LogP contribution in [-0.4, -0.2) is 37.2 Å². The Morgan fingerprint density at radius 2 is 1.93 bits per heavy atom. The standard InChI is InChI=1S/C19H23F3N4O/c1-26(2)16-11-15(19(20,21)22)24-18(25-16)23-12-14-9-6-10-27-17(14)13-7-4-3-5-8-13/h3-5,7-8,11,14,17H,6,9-10,12H2,1-2H3,(H,23,24,25). The second-order valence-corrected chi connectivity index (χ2v) is 6.81. The van der Waals surface area contributed by atoms with Crippen LogP contribution in [0, 0.1) is 5.92 Å². The summed E-state index contributed by atoms with van der Waals surface area (Å²) in [6.07, 6.45) is -2.77. The lowest BCUT2D eigenvalue weighted by Gasteiger charge is -2.32. The molecule has 2 heterocycles. The highest BCUT2D eigenvalue weighted by Crippen LogP contribution is 2.34. The van der Waals surface area contributed by atoms with Gasteiger partial charge in [-0.05, 0) is 18.4 Å². The van der Waals surface area contributed by atoms with Crippen molar-refractivity contribution in [2.45, 2.75) is 25.1 Å². The van der Waals surface area contributed by atoms with E-state index in [-0.39, 0.29) is 23.8 Å². The van der Waals surface area contributed by atoms with Crippen molar-refractivity contribution in [1.82, 2.24) is 9.97 Å². The summed E-state index contributed by atoms with van der Waals surface area (Å²) in [7, 11) is 3.29. The Morgan fingerprint density at radius 3 is 2.59 bits per heavy atom. The van der Waals surface area contributed by atoms with Gasteiger partial charge in [-0.15, -0.1) is 0 Å². The molecule has 1 aliphatic rings. The third-order valence-corrected chi connectivity index (χ3v) is 4.56. The third-order valence-electron chi connectivity index (χ3n) is 4.56. The first kappa shape index (κ1) is 19.4. The second-order valence-electron chi connectivity index (χ2n) is 6.81. The average Bonchev–Trinajstić information content (AvgIpc) is 2.66. The molecule has 1 saturated heterocycles. The Labute approximate surface area is 156 Å². The number of hydrogen-bond donors (Lipinski definition) is 1. The topological polar surface area (TPSA) is 50.3 Å². The van der Waals surface area contributed by atoms with Gasteiger partial charge in [0, 0.05) is 39.2 Å². The lowest BCUT2D eigenvalue weighted by atomic mass is 9.89. The lowest BCUT2D eigenvalue weighted by molar-refractivity contribution is -0.141. The quantitative estimate of drug-likeness (QED) is 0.845. The van der Waals surface area contributed by atoms with Gasteiger partial charge in [0.2, 0.25) is 5.95 Å². The fourth-order valence-electron chi connectivity index (χ4n) is 3.17. The van der Waals surface area contributed by atoms with Crippen LogP contribution in [0.2, 0.25) is 0 Å². The summed E-state index contributed by atoms with van der Waals surface area (Å²) in [5, 5.41) is 2.99. The Bertz CT molecular complexity index is 752. The predicted octanol–water partition coefficient (Wildman–Crippen LogP) is 4.14. The zero-order valence-electron chi connectivity index (χ0n) is 15.3. The van der Waals surface area contributed by atoms with E-state index in [0.29, 0.717) is 13.2 Å². The molecule has 1 N–H and O–H groups in total. The molecule has 0 spiro atoms. The monoisotopic (exact) mass is 380 g/mol. The summed E-state index contributed by atoms with van der Waals surface area (Å²) >= 11 is 0. The van der Waals surface area contributed by atoms with Crippen molar-refractivity contribution < 1.29 is 17.9 Å². The maximum atomic E-state index is 13.1. The van der Waals surface area contributed by atoms with Crippen LogP contribution in [0.5, 0.6) is 0 Å². The maximum absolute atomic E-state index is 13.1. The molecule has 8 heteroatoms. The summed E-state index contributed by atoms with van der Waals surface area (Å²) in [5.41, 5.74) is 0.117. The molecular weight excluding hydrogens is 357 g/mol. The Balaban J connectivity index is 1.77. The number of halogens is 3. The van der Waals surface area contributed by atoms with Crippen molar-refractivity contribution >= 4 is 11.8 Å². The van der Waals surface area contributed by atoms with Crippen LogP contribution in [-0.2, 0) is 10.9 Å². The van der Waals surface area contributed by atoms with Gasteiger partial charge in [0.05, 0.1) is 6.10 Å². The Hall–Kier alpha value is -2.35. The minimum atomic E-state index is -4.52. The van der Waals surface area contributed by atoms with Gasteiger partial charge in [-0.3, -0.25) is 0 Å². The van der Waals surface area contributed by atoms with Gasteiger partial charge in [-0.1, -0.05) is 30.3 Å². The van der Waals surface area contributed by atoms with Gasteiger partial charge in [0.1, 0.15) is 5.82 Å². The highest BCUT2D eigenvalue weighted by Gasteiger charge is 2.34. The summed E-state index contributed by atoms with van der Waals surface area (Å²) in [6.45, 7) is 1.12. The van der Waals surface area contributed by atoms with Crippen LogP contribution in [0.15, 0.2) is 36.4 Å². The van der Waals surface area contributed by atoms with Gasteiger partial charge in [0.15, 0.2) is 5.69 Å². The Morgan fingerprint density at radius 1 is 1.19 bits per heavy atom. The van der Waals surface area contributed by atoms with Crippen LogP contribution in [0.25, 0.3) is 0 Å². The lowest BCUT2D eigenvalue weighted by Crippen LogP contribution is -2.29. The van der Waals surface area contributed by atoms with Gasteiger partial charge in [-0.25, -0.2) is 4.98 Å². The van der Waals surface area contributed by atoms with Crippen LogP contribution in [0.3, 0.4) is 0 Å². The van der Waals surface area contributed by atoms with Crippen LogP contribution in [0.1, 0.15) is 30.2 Å². The van der Waals surface area contributed by atoms with E-state index in [1.54, 1.807) is 14.1 Å². The number of ether oxygens (including phenoxy) is 1. The van der Waals surface area contributed by atoms with Crippen LogP contribution < -0.4 is 10.2 Å². The molecule has 5 nitrogen and oxygen atoms in total. The average molecular weight is 380 g/mol. The molecule has 0 amide bonds. The molecule has 27 heavy (non-hydrogen) atoms. The smallest absolute Gasteiger partial charge is 0.373 e. The van der Waals surface area contributed by atoms with Gasteiger partial charge in [-0.2, -0.15) is 18.2 Å². The number of anilines is 2. The van der Waals surface area contributed by atoms with E-state index in [1.807, 2.05) is 30.3 Å². The summed E-state index contributed by atoms with van der Waals surface area (Å²) in [4.78, 5) is 9.37. The first-order chi connectivity index (χ1) is 12.8. The van der Waals surface area contributed by atoms with Crippen molar-refractivity contribution in [1.29, 1.82) is 0 Å². The molecule has 0 aliphatic carbocycles.